The summed E-state index contributed by atoms with van der Waals surface area (Å²) in [6.07, 6.45) is 0. The van der Waals surface area contributed by atoms with Gasteiger partial charge >= 0.3 is 5.69 Å². The molecule has 128 valence electrons. The lowest BCUT2D eigenvalue weighted by atomic mass is 10.3. The molecule has 1 heterocycles. The van der Waals surface area contributed by atoms with Crippen LogP contribution in [0.2, 0.25) is 5.02 Å². The summed E-state index contributed by atoms with van der Waals surface area (Å²) in [6.45, 7) is 5.20. The number of nitro groups is 1. The molecule has 0 aliphatic heterocycles. The zero-order valence-corrected chi connectivity index (χ0v) is 14.3. The van der Waals surface area contributed by atoms with Crippen molar-refractivity contribution in [2.24, 2.45) is 0 Å². The third-order valence-electron chi connectivity index (χ3n) is 3.33. The summed E-state index contributed by atoms with van der Waals surface area (Å²) in [7, 11) is 0. The summed E-state index contributed by atoms with van der Waals surface area (Å²) in [5, 5.41) is 18.2. The molecule has 1 amide bonds. The normalized spacial score (nSPS) is 10.5. The number of aryl methyl sites for hydroxylation is 1. The minimum atomic E-state index is -0.504. The van der Waals surface area contributed by atoms with Gasteiger partial charge in [-0.1, -0.05) is 11.6 Å². The van der Waals surface area contributed by atoms with Gasteiger partial charge in [0.1, 0.15) is 23.7 Å². The first-order chi connectivity index (χ1) is 11.3. The lowest BCUT2D eigenvalue weighted by molar-refractivity contribution is -0.386. The summed E-state index contributed by atoms with van der Waals surface area (Å²) in [4.78, 5) is 22.8. The molecule has 1 aromatic heterocycles. The van der Waals surface area contributed by atoms with Gasteiger partial charge in [-0.05, 0) is 39.0 Å². The predicted octanol–water partition coefficient (Wildman–Crippen LogP) is 3.10. The maximum absolute atomic E-state index is 12.3. The van der Waals surface area contributed by atoms with Crippen LogP contribution in [-0.4, -0.2) is 27.2 Å². The number of aromatic nitrogens is 2. The van der Waals surface area contributed by atoms with Crippen molar-refractivity contribution < 1.29 is 14.5 Å². The molecule has 0 fully saturated rings. The Morgan fingerprint density at radius 1 is 1.46 bits per heavy atom. The van der Waals surface area contributed by atoms with E-state index >= 15 is 0 Å². The third kappa shape index (κ3) is 3.83. The van der Waals surface area contributed by atoms with E-state index in [2.05, 4.69) is 10.4 Å². The van der Waals surface area contributed by atoms with E-state index in [1.807, 2.05) is 6.92 Å². The van der Waals surface area contributed by atoms with E-state index in [0.29, 0.717) is 28.8 Å². The number of nitrogens with one attached hydrogen (secondary N) is 1. The number of hydrogen-bond acceptors (Lipinski definition) is 5. The second-order valence-electron chi connectivity index (χ2n) is 5.06. The van der Waals surface area contributed by atoms with Gasteiger partial charge in [0.15, 0.2) is 0 Å². The molecular formula is C15H17ClN4O4. The second kappa shape index (κ2) is 7.31. The zero-order chi connectivity index (χ0) is 17.9. The van der Waals surface area contributed by atoms with Gasteiger partial charge < -0.3 is 10.1 Å². The van der Waals surface area contributed by atoms with Crippen molar-refractivity contribution in [2.45, 2.75) is 27.3 Å². The minimum Gasteiger partial charge on any atom is -0.492 e. The Kier molecular flexibility index (Phi) is 5.40. The van der Waals surface area contributed by atoms with E-state index in [1.54, 1.807) is 25.1 Å². The number of halogens is 1. The van der Waals surface area contributed by atoms with Gasteiger partial charge in [-0.3, -0.25) is 19.6 Å². The molecule has 0 aliphatic rings. The molecule has 2 aromatic rings. The number of carbonyl (C=O) groups is 1. The predicted molar refractivity (Wildman–Crippen MR) is 89.6 cm³/mol. The van der Waals surface area contributed by atoms with Crippen LogP contribution >= 0.6 is 11.6 Å². The fraction of sp³-hybridized carbons (Fsp3) is 0.333. The van der Waals surface area contributed by atoms with Crippen LogP contribution in [0, 0.1) is 24.0 Å². The first-order valence-electron chi connectivity index (χ1n) is 7.24. The molecule has 2 rings (SSSR count). The highest BCUT2D eigenvalue weighted by molar-refractivity contribution is 6.31. The van der Waals surface area contributed by atoms with Crippen molar-refractivity contribution in [3.63, 3.8) is 0 Å². The molecule has 0 aliphatic carbocycles. The Labute approximate surface area is 143 Å². The molecule has 0 spiro atoms. The first kappa shape index (κ1) is 17.7. The zero-order valence-electron chi connectivity index (χ0n) is 13.5. The van der Waals surface area contributed by atoms with Gasteiger partial charge in [0, 0.05) is 5.02 Å². The van der Waals surface area contributed by atoms with Crippen LogP contribution in [-0.2, 0) is 11.3 Å². The highest BCUT2D eigenvalue weighted by atomic mass is 35.5. The Hall–Kier alpha value is -2.61. The van der Waals surface area contributed by atoms with Crippen LogP contribution in [0.1, 0.15) is 18.3 Å². The van der Waals surface area contributed by atoms with Gasteiger partial charge in [-0.25, -0.2) is 0 Å². The average molecular weight is 353 g/mol. The maximum atomic E-state index is 12.3. The third-order valence-corrected chi connectivity index (χ3v) is 3.57. The van der Waals surface area contributed by atoms with Crippen LogP contribution in [0.5, 0.6) is 5.75 Å². The average Bonchev–Trinajstić information content (AvgIpc) is 2.76. The quantitative estimate of drug-likeness (QED) is 0.636. The van der Waals surface area contributed by atoms with Crippen LogP contribution in [0.25, 0.3) is 0 Å². The number of rotatable bonds is 6. The lowest BCUT2D eigenvalue weighted by Gasteiger charge is -2.12. The second-order valence-corrected chi connectivity index (χ2v) is 5.49. The van der Waals surface area contributed by atoms with E-state index in [0.717, 1.165) is 0 Å². The van der Waals surface area contributed by atoms with E-state index in [9.17, 15) is 14.9 Å². The van der Waals surface area contributed by atoms with Crippen LogP contribution in [0.3, 0.4) is 0 Å². The Morgan fingerprint density at radius 3 is 2.75 bits per heavy atom. The van der Waals surface area contributed by atoms with Gasteiger partial charge in [0.05, 0.1) is 17.2 Å². The Bertz CT molecular complexity index is 788. The number of carbonyl (C=O) groups excluding carboxylic acids is 1. The molecule has 0 saturated heterocycles. The van der Waals surface area contributed by atoms with Gasteiger partial charge in [0.2, 0.25) is 5.91 Å². The molecule has 0 saturated carbocycles. The molecule has 0 unspecified atom stereocenters. The van der Waals surface area contributed by atoms with Crippen LogP contribution < -0.4 is 10.1 Å². The lowest BCUT2D eigenvalue weighted by Crippen LogP contribution is -2.20. The van der Waals surface area contributed by atoms with Crippen LogP contribution in [0.4, 0.5) is 11.4 Å². The molecule has 0 atom stereocenters. The Morgan fingerprint density at radius 2 is 2.17 bits per heavy atom. The van der Waals surface area contributed by atoms with Crippen LogP contribution in [0.15, 0.2) is 18.2 Å². The molecule has 0 radical (unpaired) electrons. The number of benzene rings is 1. The Balaban J connectivity index is 2.19. The largest absolute Gasteiger partial charge is 0.492 e. The molecule has 1 aromatic carbocycles. The fourth-order valence-electron chi connectivity index (χ4n) is 2.31. The SMILES string of the molecule is CCOc1ccc(Cl)cc1NC(=O)Cn1nc(C)c([N+](=O)[O-])c1C. The molecule has 8 nitrogen and oxygen atoms in total. The van der Waals surface area contributed by atoms with Gasteiger partial charge in [0.25, 0.3) is 0 Å². The van der Waals surface area contributed by atoms with Crippen molar-refractivity contribution in [3.8, 4) is 5.75 Å². The number of amides is 1. The highest BCUT2D eigenvalue weighted by Crippen LogP contribution is 2.28. The maximum Gasteiger partial charge on any atom is 0.312 e. The van der Waals surface area contributed by atoms with E-state index in [4.69, 9.17) is 16.3 Å². The molecule has 1 N–H and O–H groups in total. The van der Waals surface area contributed by atoms with Crippen molar-refractivity contribution >= 4 is 28.9 Å². The van der Waals surface area contributed by atoms with Crippen molar-refractivity contribution in [2.75, 3.05) is 11.9 Å². The summed E-state index contributed by atoms with van der Waals surface area (Å²) in [6, 6.07) is 4.90. The topological polar surface area (TPSA) is 99.3 Å². The summed E-state index contributed by atoms with van der Waals surface area (Å²) >= 11 is 5.95. The number of anilines is 1. The number of hydrogen-bond donors (Lipinski definition) is 1. The smallest absolute Gasteiger partial charge is 0.312 e. The summed E-state index contributed by atoms with van der Waals surface area (Å²) < 4.78 is 6.74. The highest BCUT2D eigenvalue weighted by Gasteiger charge is 2.23. The van der Waals surface area contributed by atoms with Gasteiger partial charge in [-0.2, -0.15) is 5.10 Å². The number of nitrogens with zero attached hydrogens (tertiary/aromatic N) is 3. The minimum absolute atomic E-state index is 0.0828. The fourth-order valence-corrected chi connectivity index (χ4v) is 2.48. The molecular weight excluding hydrogens is 336 g/mol. The molecule has 24 heavy (non-hydrogen) atoms. The molecule has 9 heteroatoms. The first-order valence-corrected chi connectivity index (χ1v) is 7.61. The van der Waals surface area contributed by atoms with Crippen molar-refractivity contribution in [1.82, 2.24) is 9.78 Å². The molecule has 0 bridgehead atoms. The van der Waals surface area contributed by atoms with Crippen molar-refractivity contribution in [3.05, 3.63) is 44.7 Å². The van der Waals surface area contributed by atoms with E-state index in [-0.39, 0.29) is 17.9 Å². The number of ether oxygens (including phenoxy) is 1. The van der Waals surface area contributed by atoms with Crippen molar-refractivity contribution in [1.29, 1.82) is 0 Å². The van der Waals surface area contributed by atoms with E-state index in [1.165, 1.54) is 11.6 Å². The van der Waals surface area contributed by atoms with Gasteiger partial charge in [-0.15, -0.1) is 0 Å². The monoisotopic (exact) mass is 352 g/mol. The summed E-state index contributed by atoms with van der Waals surface area (Å²) in [5.41, 5.74) is 0.942. The summed E-state index contributed by atoms with van der Waals surface area (Å²) in [5.74, 6) is 0.105. The van der Waals surface area contributed by atoms with E-state index < -0.39 is 10.8 Å². The standard InChI is InChI=1S/C15H17ClN4O4/c1-4-24-13-6-5-11(16)7-12(13)17-14(21)8-19-10(3)15(20(22)23)9(2)18-19/h5-7H,4,8H2,1-3H3,(H,17,21).